The van der Waals surface area contributed by atoms with E-state index in [1.54, 1.807) is 18.2 Å². The molecule has 1 fully saturated rings. The first-order chi connectivity index (χ1) is 16.0. The molecule has 2 aliphatic rings. The van der Waals surface area contributed by atoms with Crippen LogP contribution in [0.2, 0.25) is 5.02 Å². The lowest BCUT2D eigenvalue weighted by atomic mass is 9.68. The van der Waals surface area contributed by atoms with Gasteiger partial charge in [-0.05, 0) is 41.8 Å². The molecule has 3 aromatic carbocycles. The SMILES string of the molecule is Cc1ccccc1C1C(C(=O)c2ccccc2)N2c3ccc(Cl)cc3C=C[C@H]2C1(C#N)C#N. The molecular weight excluding hydrogens is 430 g/mol. The maximum Gasteiger partial charge on any atom is 0.185 e. The molecular formula is C28H20ClN3O. The Labute approximate surface area is 198 Å². The number of aryl methyl sites for hydroxylation is 1. The summed E-state index contributed by atoms with van der Waals surface area (Å²) in [4.78, 5) is 16.0. The van der Waals surface area contributed by atoms with E-state index >= 15 is 0 Å². The number of nitrogens with zero attached hydrogens (tertiary/aromatic N) is 3. The van der Waals surface area contributed by atoms with Crippen molar-refractivity contribution >= 4 is 29.1 Å². The van der Waals surface area contributed by atoms with Crippen molar-refractivity contribution in [3.63, 3.8) is 0 Å². The second kappa shape index (κ2) is 7.93. The van der Waals surface area contributed by atoms with Crippen molar-refractivity contribution in [2.24, 2.45) is 5.41 Å². The number of halogens is 1. The monoisotopic (exact) mass is 449 g/mol. The number of carbonyl (C=O) groups is 1. The lowest BCUT2D eigenvalue weighted by molar-refractivity contribution is 0.0951. The van der Waals surface area contributed by atoms with Gasteiger partial charge in [-0.15, -0.1) is 0 Å². The average molecular weight is 450 g/mol. The van der Waals surface area contributed by atoms with Crippen molar-refractivity contribution in [3.05, 3.63) is 106 Å². The molecule has 1 saturated heterocycles. The van der Waals surface area contributed by atoms with Crippen molar-refractivity contribution in [2.75, 3.05) is 4.90 Å². The summed E-state index contributed by atoms with van der Waals surface area (Å²) >= 11 is 6.25. The van der Waals surface area contributed by atoms with Crippen LogP contribution in [-0.4, -0.2) is 17.9 Å². The minimum atomic E-state index is -1.45. The summed E-state index contributed by atoms with van der Waals surface area (Å²) in [6.07, 6.45) is 3.77. The number of benzene rings is 3. The second-order valence-corrected chi connectivity index (χ2v) is 8.95. The quantitative estimate of drug-likeness (QED) is 0.464. The highest BCUT2D eigenvalue weighted by Crippen LogP contribution is 2.56. The van der Waals surface area contributed by atoms with Gasteiger partial charge in [-0.1, -0.05) is 78.4 Å². The Morgan fingerprint density at radius 3 is 2.39 bits per heavy atom. The number of Topliss-reactive ketones (excluding diaryl/α,β-unsaturated/α-hetero) is 1. The van der Waals surface area contributed by atoms with Gasteiger partial charge < -0.3 is 4.90 Å². The summed E-state index contributed by atoms with van der Waals surface area (Å²) < 4.78 is 0. The van der Waals surface area contributed by atoms with E-state index in [2.05, 4.69) is 12.1 Å². The molecule has 0 radical (unpaired) electrons. The van der Waals surface area contributed by atoms with E-state index in [9.17, 15) is 15.3 Å². The molecule has 2 heterocycles. The summed E-state index contributed by atoms with van der Waals surface area (Å²) in [6.45, 7) is 1.96. The topological polar surface area (TPSA) is 67.9 Å². The highest BCUT2D eigenvalue weighted by molar-refractivity contribution is 6.30. The van der Waals surface area contributed by atoms with Crippen molar-refractivity contribution in [1.29, 1.82) is 10.5 Å². The molecule has 33 heavy (non-hydrogen) atoms. The summed E-state index contributed by atoms with van der Waals surface area (Å²) in [7, 11) is 0. The molecule has 0 N–H and O–H groups in total. The van der Waals surface area contributed by atoms with Crippen LogP contribution in [-0.2, 0) is 0 Å². The average Bonchev–Trinajstić information content (AvgIpc) is 3.14. The number of anilines is 1. The van der Waals surface area contributed by atoms with Gasteiger partial charge in [-0.3, -0.25) is 4.79 Å². The molecule has 0 spiro atoms. The fourth-order valence-corrected chi connectivity index (χ4v) is 5.50. The van der Waals surface area contributed by atoms with E-state index < -0.39 is 23.4 Å². The van der Waals surface area contributed by atoms with Crippen LogP contribution in [0.25, 0.3) is 6.08 Å². The van der Waals surface area contributed by atoms with Gasteiger partial charge in [0.25, 0.3) is 0 Å². The highest BCUT2D eigenvalue weighted by atomic mass is 35.5. The van der Waals surface area contributed by atoms with Gasteiger partial charge in [0.2, 0.25) is 0 Å². The normalized spacial score (nSPS) is 22.1. The van der Waals surface area contributed by atoms with Crippen LogP contribution >= 0.6 is 11.6 Å². The van der Waals surface area contributed by atoms with Gasteiger partial charge in [0.15, 0.2) is 11.2 Å². The zero-order chi connectivity index (χ0) is 23.2. The molecule has 0 amide bonds. The molecule has 0 bridgehead atoms. The Bertz CT molecular complexity index is 1350. The number of carbonyl (C=O) groups excluding carboxylic acids is 1. The fourth-order valence-electron chi connectivity index (χ4n) is 5.32. The third kappa shape index (κ3) is 3.07. The Morgan fingerprint density at radius 2 is 1.70 bits per heavy atom. The minimum Gasteiger partial charge on any atom is -0.351 e. The van der Waals surface area contributed by atoms with Crippen LogP contribution < -0.4 is 4.90 Å². The Morgan fingerprint density at radius 1 is 1.00 bits per heavy atom. The zero-order valence-corrected chi connectivity index (χ0v) is 18.7. The Kier molecular flexibility index (Phi) is 5.05. The number of nitriles is 2. The molecule has 4 nitrogen and oxygen atoms in total. The van der Waals surface area contributed by atoms with Gasteiger partial charge in [0, 0.05) is 22.2 Å². The third-order valence-electron chi connectivity index (χ3n) is 6.82. The molecule has 0 saturated carbocycles. The van der Waals surface area contributed by atoms with Crippen molar-refractivity contribution in [1.82, 2.24) is 0 Å². The molecule has 0 aliphatic carbocycles. The van der Waals surface area contributed by atoms with Crippen LogP contribution in [0.5, 0.6) is 0 Å². The van der Waals surface area contributed by atoms with Gasteiger partial charge in [-0.25, -0.2) is 0 Å². The summed E-state index contributed by atoms with van der Waals surface area (Å²) in [5.41, 5.74) is 2.55. The largest absolute Gasteiger partial charge is 0.351 e. The number of hydrogen-bond acceptors (Lipinski definition) is 4. The van der Waals surface area contributed by atoms with Crippen LogP contribution in [0.4, 0.5) is 5.69 Å². The fraction of sp³-hybridized carbons (Fsp3) is 0.179. The van der Waals surface area contributed by atoms with E-state index in [1.807, 2.05) is 78.6 Å². The number of fused-ring (bicyclic) bond motifs is 3. The highest BCUT2D eigenvalue weighted by Gasteiger charge is 2.63. The maximum atomic E-state index is 14.1. The molecule has 3 aromatic rings. The van der Waals surface area contributed by atoms with Crippen LogP contribution in [0.1, 0.15) is 33.0 Å². The van der Waals surface area contributed by atoms with Crippen molar-refractivity contribution in [2.45, 2.75) is 24.9 Å². The first kappa shape index (κ1) is 21.0. The summed E-state index contributed by atoms with van der Waals surface area (Å²) in [5, 5.41) is 21.5. The molecule has 2 unspecified atom stereocenters. The number of rotatable bonds is 3. The number of ketones is 1. The lowest BCUT2D eigenvalue weighted by Gasteiger charge is -2.35. The molecule has 3 atom stereocenters. The molecule has 2 aliphatic heterocycles. The molecule has 5 rings (SSSR count). The molecule has 5 heteroatoms. The first-order valence-electron chi connectivity index (χ1n) is 10.7. The van der Waals surface area contributed by atoms with Gasteiger partial charge in [0.05, 0.1) is 18.2 Å². The Hall–Kier alpha value is -3.86. The van der Waals surface area contributed by atoms with Gasteiger partial charge in [0.1, 0.15) is 6.04 Å². The van der Waals surface area contributed by atoms with Crippen molar-refractivity contribution < 1.29 is 4.79 Å². The van der Waals surface area contributed by atoms with Crippen molar-refractivity contribution in [3.8, 4) is 12.1 Å². The van der Waals surface area contributed by atoms with E-state index in [0.717, 1.165) is 22.4 Å². The standard InChI is InChI=1S/C28H20ClN3O/c1-18-7-5-6-10-22(18)25-26(27(33)19-8-3-2-4-9-19)32-23-13-12-21(29)15-20(23)11-14-24(32)28(25,16-30)17-31/h2-15,24-26H,1H3/t24-,25?,26?/m0/s1. The van der Waals surface area contributed by atoms with Crippen LogP contribution in [0, 0.1) is 35.0 Å². The lowest BCUT2D eigenvalue weighted by Crippen LogP contribution is -2.44. The predicted molar refractivity (Wildman–Crippen MR) is 129 cm³/mol. The van der Waals surface area contributed by atoms with Crippen LogP contribution in [0.3, 0.4) is 0 Å². The van der Waals surface area contributed by atoms with E-state index in [4.69, 9.17) is 11.6 Å². The van der Waals surface area contributed by atoms with E-state index in [1.165, 1.54) is 0 Å². The maximum absolute atomic E-state index is 14.1. The van der Waals surface area contributed by atoms with Gasteiger partial charge >= 0.3 is 0 Å². The van der Waals surface area contributed by atoms with E-state index in [0.29, 0.717) is 10.6 Å². The minimum absolute atomic E-state index is 0.113. The molecule has 0 aromatic heterocycles. The Balaban J connectivity index is 1.81. The van der Waals surface area contributed by atoms with Crippen LogP contribution in [0.15, 0.2) is 78.9 Å². The summed E-state index contributed by atoms with van der Waals surface area (Å²) in [5.74, 6) is -0.755. The second-order valence-electron chi connectivity index (χ2n) is 8.52. The number of hydrogen-bond donors (Lipinski definition) is 0. The van der Waals surface area contributed by atoms with E-state index in [-0.39, 0.29) is 5.78 Å². The predicted octanol–water partition coefficient (Wildman–Crippen LogP) is 5.93. The molecule has 160 valence electrons. The third-order valence-corrected chi connectivity index (χ3v) is 7.05. The summed E-state index contributed by atoms with van der Waals surface area (Å²) in [6, 6.07) is 25.7. The first-order valence-corrected chi connectivity index (χ1v) is 11.1. The van der Waals surface area contributed by atoms with Gasteiger partial charge in [-0.2, -0.15) is 10.5 Å². The zero-order valence-electron chi connectivity index (χ0n) is 17.9. The smallest absolute Gasteiger partial charge is 0.185 e.